The molecule has 0 atom stereocenters. The number of thioether (sulfide) groups is 1. The molecule has 2 saturated carbocycles. The fourth-order valence-electron chi connectivity index (χ4n) is 2.59. The second-order valence-corrected chi connectivity index (χ2v) is 6.80. The Morgan fingerprint density at radius 3 is 2.81 bits per heavy atom. The molecule has 0 bridgehead atoms. The molecule has 5 heteroatoms. The summed E-state index contributed by atoms with van der Waals surface area (Å²) in [7, 11) is 1.71. The van der Waals surface area contributed by atoms with Crippen LogP contribution in [0, 0.1) is 0 Å². The van der Waals surface area contributed by atoms with E-state index in [-0.39, 0.29) is 0 Å². The minimum absolute atomic E-state index is 0.656. The lowest BCUT2D eigenvalue weighted by Gasteiger charge is -2.08. The number of aromatic nitrogens is 3. The van der Waals surface area contributed by atoms with E-state index in [0.717, 1.165) is 16.7 Å². The molecular formula is C16H19N3OS. The molecule has 0 amide bonds. The number of rotatable bonds is 6. The number of benzene rings is 1. The summed E-state index contributed by atoms with van der Waals surface area (Å²) in [6, 6.07) is 8.90. The van der Waals surface area contributed by atoms with E-state index < -0.39 is 0 Å². The molecule has 0 radical (unpaired) electrons. The van der Waals surface area contributed by atoms with Crippen molar-refractivity contribution in [3.63, 3.8) is 0 Å². The first kappa shape index (κ1) is 13.2. The Morgan fingerprint density at radius 1 is 1.24 bits per heavy atom. The Hall–Kier alpha value is -1.49. The van der Waals surface area contributed by atoms with Gasteiger partial charge in [0.05, 0.1) is 7.11 Å². The van der Waals surface area contributed by atoms with Crippen molar-refractivity contribution in [2.75, 3.05) is 7.11 Å². The number of hydrogen-bond donors (Lipinski definition) is 0. The number of ether oxygens (including phenoxy) is 1. The van der Waals surface area contributed by atoms with Gasteiger partial charge >= 0.3 is 0 Å². The topological polar surface area (TPSA) is 39.9 Å². The molecule has 0 saturated heterocycles. The van der Waals surface area contributed by atoms with Gasteiger partial charge in [-0.25, -0.2) is 0 Å². The number of hydrogen-bond acceptors (Lipinski definition) is 4. The zero-order chi connectivity index (χ0) is 14.2. The minimum atomic E-state index is 0.656. The highest BCUT2D eigenvalue weighted by molar-refractivity contribution is 7.98. The van der Waals surface area contributed by atoms with Crippen molar-refractivity contribution in [2.24, 2.45) is 0 Å². The highest BCUT2D eigenvalue weighted by atomic mass is 32.2. The van der Waals surface area contributed by atoms with Gasteiger partial charge in [-0.3, -0.25) is 0 Å². The molecule has 2 aliphatic carbocycles. The van der Waals surface area contributed by atoms with Gasteiger partial charge in [-0.2, -0.15) is 0 Å². The smallest absolute Gasteiger partial charge is 0.191 e. The molecule has 2 fully saturated rings. The summed E-state index contributed by atoms with van der Waals surface area (Å²) in [5.74, 6) is 3.72. The second kappa shape index (κ2) is 5.37. The maximum absolute atomic E-state index is 5.28. The summed E-state index contributed by atoms with van der Waals surface area (Å²) in [4.78, 5) is 0. The minimum Gasteiger partial charge on any atom is -0.497 e. The molecule has 0 aliphatic heterocycles. The van der Waals surface area contributed by atoms with Crippen LogP contribution in [0.1, 0.15) is 49.0 Å². The molecule has 1 aromatic carbocycles. The second-order valence-electron chi connectivity index (χ2n) is 5.86. The zero-order valence-corrected chi connectivity index (χ0v) is 13.0. The Bertz CT molecular complexity index is 647. The van der Waals surface area contributed by atoms with Gasteiger partial charge in [-0.1, -0.05) is 23.9 Å². The molecule has 1 aromatic heterocycles. The van der Waals surface area contributed by atoms with Crippen LogP contribution in [0.15, 0.2) is 29.4 Å². The Balaban J connectivity index is 1.51. The van der Waals surface area contributed by atoms with Gasteiger partial charge in [0.15, 0.2) is 5.16 Å². The molecule has 2 aromatic rings. The van der Waals surface area contributed by atoms with Crippen molar-refractivity contribution in [1.82, 2.24) is 14.8 Å². The van der Waals surface area contributed by atoms with E-state index in [9.17, 15) is 0 Å². The Labute approximate surface area is 128 Å². The fraction of sp³-hybridized carbons (Fsp3) is 0.500. The summed E-state index contributed by atoms with van der Waals surface area (Å²) in [6.07, 6.45) is 5.13. The SMILES string of the molecule is COc1cccc(CSc2nnc(C3CC3)n2C2CC2)c1. The third-order valence-corrected chi connectivity index (χ3v) is 5.06. The Kier molecular flexibility index (Phi) is 3.37. The van der Waals surface area contributed by atoms with Crippen molar-refractivity contribution in [2.45, 2.75) is 48.6 Å². The summed E-state index contributed by atoms with van der Waals surface area (Å²) < 4.78 is 7.69. The first-order valence-electron chi connectivity index (χ1n) is 7.55. The summed E-state index contributed by atoms with van der Waals surface area (Å²) in [6.45, 7) is 0. The zero-order valence-electron chi connectivity index (χ0n) is 12.2. The lowest BCUT2D eigenvalue weighted by Crippen LogP contribution is -2.01. The average Bonchev–Trinajstić information content (AvgIpc) is 3.44. The summed E-state index contributed by atoms with van der Waals surface area (Å²) in [5.41, 5.74) is 1.26. The van der Waals surface area contributed by atoms with Gasteiger partial charge in [0, 0.05) is 17.7 Å². The van der Waals surface area contributed by atoms with Gasteiger partial charge in [0.25, 0.3) is 0 Å². The largest absolute Gasteiger partial charge is 0.497 e. The molecule has 2 aliphatic rings. The first-order valence-corrected chi connectivity index (χ1v) is 8.54. The summed E-state index contributed by atoms with van der Waals surface area (Å²) >= 11 is 1.79. The van der Waals surface area contributed by atoms with Gasteiger partial charge in [0.1, 0.15) is 11.6 Å². The first-order chi connectivity index (χ1) is 10.3. The van der Waals surface area contributed by atoms with Crippen LogP contribution in [0.4, 0.5) is 0 Å². The van der Waals surface area contributed by atoms with E-state index >= 15 is 0 Å². The molecule has 4 rings (SSSR count). The molecule has 0 N–H and O–H groups in total. The molecule has 110 valence electrons. The standard InChI is InChI=1S/C16H19N3OS/c1-20-14-4-2-3-11(9-14)10-21-16-18-17-15(12-5-6-12)19(16)13-7-8-13/h2-4,9,12-13H,5-8,10H2,1H3. The predicted octanol–water partition coefficient (Wildman–Crippen LogP) is 3.79. The van der Waals surface area contributed by atoms with Gasteiger partial charge in [-0.15, -0.1) is 10.2 Å². The normalized spacial score (nSPS) is 18.0. The van der Waals surface area contributed by atoms with Crippen LogP contribution >= 0.6 is 11.8 Å². The highest BCUT2D eigenvalue weighted by Gasteiger charge is 2.36. The number of nitrogens with zero attached hydrogens (tertiary/aromatic N) is 3. The van der Waals surface area contributed by atoms with Crippen molar-refractivity contribution in [3.8, 4) is 5.75 Å². The van der Waals surface area contributed by atoms with Crippen LogP contribution < -0.4 is 4.74 Å². The molecule has 1 heterocycles. The lowest BCUT2D eigenvalue weighted by atomic mass is 10.2. The van der Waals surface area contributed by atoms with Crippen molar-refractivity contribution in [1.29, 1.82) is 0 Å². The fourth-order valence-corrected chi connectivity index (χ4v) is 3.55. The molecular weight excluding hydrogens is 282 g/mol. The van der Waals surface area contributed by atoms with Crippen LogP contribution in [0.2, 0.25) is 0 Å². The van der Waals surface area contributed by atoms with Crippen molar-refractivity contribution >= 4 is 11.8 Å². The highest BCUT2D eigenvalue weighted by Crippen LogP contribution is 2.46. The quantitative estimate of drug-likeness (QED) is 0.761. The van der Waals surface area contributed by atoms with E-state index in [0.29, 0.717) is 12.0 Å². The van der Waals surface area contributed by atoms with Gasteiger partial charge < -0.3 is 9.30 Å². The molecule has 4 nitrogen and oxygen atoms in total. The maximum atomic E-state index is 5.28. The Morgan fingerprint density at radius 2 is 2.10 bits per heavy atom. The third kappa shape index (κ3) is 2.79. The van der Waals surface area contributed by atoms with Crippen molar-refractivity contribution < 1.29 is 4.74 Å². The van der Waals surface area contributed by atoms with E-state index in [4.69, 9.17) is 4.74 Å². The monoisotopic (exact) mass is 301 g/mol. The van der Waals surface area contributed by atoms with Crippen LogP contribution in [-0.4, -0.2) is 21.9 Å². The van der Waals surface area contributed by atoms with E-state index in [2.05, 4.69) is 26.9 Å². The summed E-state index contributed by atoms with van der Waals surface area (Å²) in [5, 5.41) is 9.98. The van der Waals surface area contributed by atoms with Crippen LogP contribution in [0.5, 0.6) is 5.75 Å². The third-order valence-electron chi connectivity index (χ3n) is 4.05. The van der Waals surface area contributed by atoms with E-state index in [1.165, 1.54) is 37.1 Å². The maximum Gasteiger partial charge on any atom is 0.191 e. The van der Waals surface area contributed by atoms with Crippen LogP contribution in [0.3, 0.4) is 0 Å². The predicted molar refractivity (Wildman–Crippen MR) is 82.8 cm³/mol. The van der Waals surface area contributed by atoms with Crippen LogP contribution in [-0.2, 0) is 5.75 Å². The molecule has 0 unspecified atom stereocenters. The van der Waals surface area contributed by atoms with Gasteiger partial charge in [0.2, 0.25) is 0 Å². The molecule has 21 heavy (non-hydrogen) atoms. The van der Waals surface area contributed by atoms with Gasteiger partial charge in [-0.05, 0) is 43.4 Å². The lowest BCUT2D eigenvalue weighted by molar-refractivity contribution is 0.414. The number of methoxy groups -OCH3 is 1. The van der Waals surface area contributed by atoms with E-state index in [1.54, 1.807) is 18.9 Å². The van der Waals surface area contributed by atoms with Crippen LogP contribution in [0.25, 0.3) is 0 Å². The molecule has 0 spiro atoms. The van der Waals surface area contributed by atoms with E-state index in [1.807, 2.05) is 12.1 Å². The van der Waals surface area contributed by atoms with Crippen molar-refractivity contribution in [3.05, 3.63) is 35.7 Å². The average molecular weight is 301 g/mol.